The van der Waals surface area contributed by atoms with Crippen LogP contribution >= 0.6 is 0 Å². The van der Waals surface area contributed by atoms with Crippen molar-refractivity contribution in [2.24, 2.45) is 0 Å². The predicted molar refractivity (Wildman–Crippen MR) is 72.3 cm³/mol. The molecule has 1 unspecified atom stereocenters. The van der Waals surface area contributed by atoms with Gasteiger partial charge in [0.05, 0.1) is 6.04 Å². The average Bonchev–Trinajstić information content (AvgIpc) is 2.80. The van der Waals surface area contributed by atoms with Crippen LogP contribution in [0.2, 0.25) is 0 Å². The highest BCUT2D eigenvalue weighted by atomic mass is 15.2. The molecule has 0 spiro atoms. The second-order valence-corrected chi connectivity index (χ2v) is 4.85. The molecule has 2 aromatic rings. The lowest BCUT2D eigenvalue weighted by molar-refractivity contribution is 0.546. The van der Waals surface area contributed by atoms with Crippen molar-refractivity contribution in [3.05, 3.63) is 46.5 Å². The number of aromatic amines is 1. The zero-order valence-corrected chi connectivity index (χ0v) is 11.4. The highest BCUT2D eigenvalue weighted by Gasteiger charge is 2.09. The summed E-state index contributed by atoms with van der Waals surface area (Å²) in [6.07, 6.45) is 1.54. The van der Waals surface area contributed by atoms with Gasteiger partial charge in [-0.25, -0.2) is 4.98 Å². The molecule has 4 nitrogen and oxygen atoms in total. The van der Waals surface area contributed by atoms with Gasteiger partial charge >= 0.3 is 0 Å². The van der Waals surface area contributed by atoms with E-state index in [1.165, 1.54) is 28.6 Å². The second kappa shape index (κ2) is 5.31. The number of nitrogens with zero attached hydrogens (tertiary/aromatic N) is 2. The molecule has 0 aliphatic rings. The molecular formula is C14H20N4. The SMILES string of the molecule is Cc1cc(C)c(CNC(C)c2ncn[nH]2)c(C)c1. The summed E-state index contributed by atoms with van der Waals surface area (Å²) in [5, 5.41) is 10.2. The average molecular weight is 244 g/mol. The van der Waals surface area contributed by atoms with Gasteiger partial charge in [0.2, 0.25) is 0 Å². The van der Waals surface area contributed by atoms with Crippen molar-refractivity contribution in [2.45, 2.75) is 40.3 Å². The number of aryl methyl sites for hydroxylation is 3. The number of benzene rings is 1. The first-order chi connectivity index (χ1) is 8.58. The van der Waals surface area contributed by atoms with Crippen molar-refractivity contribution in [3.8, 4) is 0 Å². The number of H-pyrrole nitrogens is 1. The Morgan fingerprint density at radius 1 is 1.22 bits per heavy atom. The summed E-state index contributed by atoms with van der Waals surface area (Å²) in [4.78, 5) is 4.16. The van der Waals surface area contributed by atoms with Crippen LogP contribution in [0, 0.1) is 20.8 Å². The highest BCUT2D eigenvalue weighted by molar-refractivity contribution is 5.37. The topological polar surface area (TPSA) is 53.6 Å². The zero-order chi connectivity index (χ0) is 13.1. The van der Waals surface area contributed by atoms with E-state index in [-0.39, 0.29) is 6.04 Å². The predicted octanol–water partition coefficient (Wildman–Crippen LogP) is 2.58. The molecule has 0 amide bonds. The summed E-state index contributed by atoms with van der Waals surface area (Å²) in [7, 11) is 0. The first-order valence-electron chi connectivity index (χ1n) is 6.23. The Morgan fingerprint density at radius 3 is 2.44 bits per heavy atom. The van der Waals surface area contributed by atoms with Crippen molar-refractivity contribution in [2.75, 3.05) is 0 Å². The maximum Gasteiger partial charge on any atom is 0.141 e. The molecule has 18 heavy (non-hydrogen) atoms. The molecule has 1 heterocycles. The van der Waals surface area contributed by atoms with E-state index in [2.05, 4.69) is 60.3 Å². The van der Waals surface area contributed by atoms with Crippen LogP contribution in [0.4, 0.5) is 0 Å². The van der Waals surface area contributed by atoms with Crippen LogP contribution < -0.4 is 5.32 Å². The van der Waals surface area contributed by atoms with Gasteiger partial charge in [-0.2, -0.15) is 5.10 Å². The molecule has 2 rings (SSSR count). The molecule has 1 aromatic heterocycles. The Labute approximate surface area is 108 Å². The van der Waals surface area contributed by atoms with Crippen LogP contribution in [-0.4, -0.2) is 15.2 Å². The second-order valence-electron chi connectivity index (χ2n) is 4.85. The maximum absolute atomic E-state index is 4.16. The summed E-state index contributed by atoms with van der Waals surface area (Å²) >= 11 is 0. The molecule has 0 saturated heterocycles. The first kappa shape index (κ1) is 12.8. The molecule has 1 atom stereocenters. The van der Waals surface area contributed by atoms with E-state index in [0.29, 0.717) is 0 Å². The summed E-state index contributed by atoms with van der Waals surface area (Å²) in [6, 6.07) is 4.62. The molecule has 96 valence electrons. The number of hydrogen-bond acceptors (Lipinski definition) is 3. The van der Waals surface area contributed by atoms with Crippen LogP contribution in [0.3, 0.4) is 0 Å². The molecule has 4 heteroatoms. The van der Waals surface area contributed by atoms with Crippen molar-refractivity contribution in [1.82, 2.24) is 20.5 Å². The standard InChI is InChI=1S/C14H20N4/c1-9-5-10(2)13(11(3)6-9)7-15-12(4)14-16-8-17-18-14/h5-6,8,12,15H,7H2,1-4H3,(H,16,17,18). The van der Waals surface area contributed by atoms with Crippen LogP contribution in [0.15, 0.2) is 18.5 Å². The highest BCUT2D eigenvalue weighted by Crippen LogP contribution is 2.17. The van der Waals surface area contributed by atoms with E-state index >= 15 is 0 Å². The molecule has 0 fully saturated rings. The van der Waals surface area contributed by atoms with Gasteiger partial charge in [0.25, 0.3) is 0 Å². The molecule has 1 aromatic carbocycles. The molecule has 0 bridgehead atoms. The number of nitrogens with one attached hydrogen (secondary N) is 2. The summed E-state index contributed by atoms with van der Waals surface area (Å²) in [5.41, 5.74) is 5.36. The van der Waals surface area contributed by atoms with Gasteiger partial charge < -0.3 is 5.32 Å². The van der Waals surface area contributed by atoms with E-state index in [1.807, 2.05) is 0 Å². The molecule has 2 N–H and O–H groups in total. The maximum atomic E-state index is 4.16. The minimum atomic E-state index is 0.174. The van der Waals surface area contributed by atoms with Crippen molar-refractivity contribution in [1.29, 1.82) is 0 Å². The Bertz CT molecular complexity index is 494. The minimum Gasteiger partial charge on any atom is -0.303 e. The first-order valence-corrected chi connectivity index (χ1v) is 6.23. The van der Waals surface area contributed by atoms with Crippen LogP contribution in [0.5, 0.6) is 0 Å². The van der Waals surface area contributed by atoms with Gasteiger partial charge in [-0.15, -0.1) is 0 Å². The smallest absolute Gasteiger partial charge is 0.141 e. The number of aromatic nitrogens is 3. The van der Waals surface area contributed by atoms with Gasteiger partial charge in [0.1, 0.15) is 12.2 Å². The van der Waals surface area contributed by atoms with Crippen molar-refractivity contribution < 1.29 is 0 Å². The molecule has 0 saturated carbocycles. The molecule has 0 aliphatic carbocycles. The summed E-state index contributed by atoms with van der Waals surface area (Å²) < 4.78 is 0. The van der Waals surface area contributed by atoms with E-state index in [0.717, 1.165) is 12.4 Å². The van der Waals surface area contributed by atoms with Gasteiger partial charge in [-0.05, 0) is 44.4 Å². The molecule has 0 radical (unpaired) electrons. The van der Waals surface area contributed by atoms with E-state index in [1.54, 1.807) is 0 Å². The third kappa shape index (κ3) is 2.76. The fourth-order valence-electron chi connectivity index (χ4n) is 2.26. The Kier molecular flexibility index (Phi) is 3.77. The van der Waals surface area contributed by atoms with E-state index < -0.39 is 0 Å². The fraction of sp³-hybridized carbons (Fsp3) is 0.429. The number of hydrogen-bond donors (Lipinski definition) is 2. The minimum absolute atomic E-state index is 0.174. The van der Waals surface area contributed by atoms with Crippen molar-refractivity contribution >= 4 is 0 Å². The summed E-state index contributed by atoms with van der Waals surface area (Å²) in [6.45, 7) is 9.39. The lowest BCUT2D eigenvalue weighted by atomic mass is 9.99. The normalized spacial score (nSPS) is 12.7. The Balaban J connectivity index is 2.07. The van der Waals surface area contributed by atoms with Gasteiger partial charge in [-0.3, -0.25) is 5.10 Å². The van der Waals surface area contributed by atoms with Crippen molar-refractivity contribution in [3.63, 3.8) is 0 Å². The summed E-state index contributed by atoms with van der Waals surface area (Å²) in [5.74, 6) is 0.873. The third-order valence-electron chi connectivity index (χ3n) is 3.27. The van der Waals surface area contributed by atoms with Gasteiger partial charge in [-0.1, -0.05) is 17.7 Å². The van der Waals surface area contributed by atoms with E-state index in [4.69, 9.17) is 0 Å². The van der Waals surface area contributed by atoms with Crippen LogP contribution in [-0.2, 0) is 6.54 Å². The van der Waals surface area contributed by atoms with Crippen LogP contribution in [0.25, 0.3) is 0 Å². The lowest BCUT2D eigenvalue weighted by Gasteiger charge is -2.15. The van der Waals surface area contributed by atoms with Gasteiger partial charge in [0, 0.05) is 6.54 Å². The van der Waals surface area contributed by atoms with Crippen LogP contribution in [0.1, 0.15) is 41.0 Å². The Hall–Kier alpha value is -1.68. The monoisotopic (exact) mass is 244 g/mol. The largest absolute Gasteiger partial charge is 0.303 e. The third-order valence-corrected chi connectivity index (χ3v) is 3.27. The molecular weight excluding hydrogens is 224 g/mol. The quantitative estimate of drug-likeness (QED) is 0.869. The number of rotatable bonds is 4. The zero-order valence-electron chi connectivity index (χ0n) is 11.4. The lowest BCUT2D eigenvalue weighted by Crippen LogP contribution is -2.20. The van der Waals surface area contributed by atoms with E-state index in [9.17, 15) is 0 Å². The molecule has 0 aliphatic heterocycles. The fourth-order valence-corrected chi connectivity index (χ4v) is 2.26. The van der Waals surface area contributed by atoms with Gasteiger partial charge in [0.15, 0.2) is 0 Å². The Morgan fingerprint density at radius 2 is 1.89 bits per heavy atom.